The highest BCUT2D eigenvalue weighted by molar-refractivity contribution is 5.45. The van der Waals surface area contributed by atoms with Crippen LogP contribution in [0.5, 0.6) is 11.5 Å². The summed E-state index contributed by atoms with van der Waals surface area (Å²) in [6, 6.07) is 6.37. The summed E-state index contributed by atoms with van der Waals surface area (Å²) < 4.78 is 11.7. The van der Waals surface area contributed by atoms with Gasteiger partial charge in [-0.2, -0.15) is 0 Å². The molecule has 3 heteroatoms. The molecule has 0 saturated carbocycles. The molecule has 0 amide bonds. The quantitative estimate of drug-likeness (QED) is 0.703. The first-order chi connectivity index (χ1) is 10.0. The average Bonchev–Trinajstić information content (AvgIpc) is 2.49. The van der Waals surface area contributed by atoms with Gasteiger partial charge in [0.2, 0.25) is 0 Å². The van der Waals surface area contributed by atoms with Gasteiger partial charge in [-0.1, -0.05) is 33.8 Å². The van der Waals surface area contributed by atoms with E-state index in [0.717, 1.165) is 50.5 Å². The molecule has 3 nitrogen and oxygen atoms in total. The highest BCUT2D eigenvalue weighted by atomic mass is 16.5. The molecule has 0 aliphatic carbocycles. The summed E-state index contributed by atoms with van der Waals surface area (Å²) in [5.74, 6) is 1.73. The third kappa shape index (κ3) is 5.58. The molecule has 1 aromatic carbocycles. The second-order valence-electron chi connectivity index (χ2n) is 6.10. The van der Waals surface area contributed by atoms with Gasteiger partial charge in [-0.15, -0.1) is 0 Å². The molecule has 0 saturated heterocycles. The van der Waals surface area contributed by atoms with Crippen LogP contribution < -0.4 is 14.8 Å². The van der Waals surface area contributed by atoms with Gasteiger partial charge in [0.1, 0.15) is 0 Å². The molecule has 0 spiro atoms. The van der Waals surface area contributed by atoms with Crippen molar-refractivity contribution in [2.24, 2.45) is 0 Å². The van der Waals surface area contributed by atoms with Gasteiger partial charge in [0, 0.05) is 0 Å². The maximum atomic E-state index is 5.88. The van der Waals surface area contributed by atoms with Gasteiger partial charge in [0.05, 0.1) is 13.2 Å². The Morgan fingerprint density at radius 2 is 1.62 bits per heavy atom. The molecule has 120 valence electrons. The van der Waals surface area contributed by atoms with Crippen molar-refractivity contribution in [3.63, 3.8) is 0 Å². The molecule has 0 aliphatic rings. The minimum atomic E-state index is 0.122. The fourth-order valence-electron chi connectivity index (χ4n) is 2.17. The summed E-state index contributed by atoms with van der Waals surface area (Å²) in [6.45, 7) is 11.2. The van der Waals surface area contributed by atoms with Crippen LogP contribution in [0.3, 0.4) is 0 Å². The van der Waals surface area contributed by atoms with Crippen molar-refractivity contribution < 1.29 is 9.47 Å². The Kier molecular flexibility index (Phi) is 7.58. The maximum absolute atomic E-state index is 5.88. The monoisotopic (exact) mass is 293 g/mol. The van der Waals surface area contributed by atoms with Crippen LogP contribution in [-0.4, -0.2) is 26.8 Å². The van der Waals surface area contributed by atoms with Crippen LogP contribution in [0.25, 0.3) is 0 Å². The van der Waals surface area contributed by atoms with Crippen molar-refractivity contribution in [2.45, 2.75) is 52.4 Å². The van der Waals surface area contributed by atoms with Gasteiger partial charge in [0.15, 0.2) is 11.5 Å². The van der Waals surface area contributed by atoms with E-state index in [4.69, 9.17) is 9.47 Å². The van der Waals surface area contributed by atoms with E-state index in [1.54, 1.807) is 0 Å². The van der Waals surface area contributed by atoms with E-state index in [0.29, 0.717) is 0 Å². The molecule has 0 heterocycles. The van der Waals surface area contributed by atoms with Gasteiger partial charge < -0.3 is 14.8 Å². The Labute approximate surface area is 130 Å². The van der Waals surface area contributed by atoms with Crippen molar-refractivity contribution in [3.05, 3.63) is 23.8 Å². The van der Waals surface area contributed by atoms with Crippen LogP contribution >= 0.6 is 0 Å². The molecule has 1 aromatic rings. The van der Waals surface area contributed by atoms with Crippen LogP contribution in [0, 0.1) is 0 Å². The summed E-state index contributed by atoms with van der Waals surface area (Å²) in [5, 5.41) is 3.23. The maximum Gasteiger partial charge on any atom is 0.161 e. The zero-order valence-electron chi connectivity index (χ0n) is 14.3. The Balaban J connectivity index is 2.96. The molecule has 0 atom stereocenters. The van der Waals surface area contributed by atoms with E-state index in [-0.39, 0.29) is 5.41 Å². The Bertz CT molecular complexity index is 416. The normalized spacial score (nSPS) is 11.5. The third-order valence-electron chi connectivity index (χ3n) is 3.65. The Morgan fingerprint density at radius 1 is 1.00 bits per heavy atom. The first kappa shape index (κ1) is 17.8. The van der Waals surface area contributed by atoms with Gasteiger partial charge in [-0.05, 0) is 56.0 Å². The molecule has 0 radical (unpaired) electrons. The van der Waals surface area contributed by atoms with Gasteiger partial charge in [-0.25, -0.2) is 0 Å². The number of benzene rings is 1. The van der Waals surface area contributed by atoms with E-state index >= 15 is 0 Å². The fourth-order valence-corrected chi connectivity index (χ4v) is 2.17. The molecule has 0 bridgehead atoms. The Morgan fingerprint density at radius 3 is 2.19 bits per heavy atom. The van der Waals surface area contributed by atoms with Crippen LogP contribution in [0.4, 0.5) is 0 Å². The zero-order valence-corrected chi connectivity index (χ0v) is 14.3. The molecular weight excluding hydrogens is 262 g/mol. The molecule has 0 aromatic heterocycles. The molecule has 1 N–H and O–H groups in total. The SMILES string of the molecule is CCCOc1ccc(C(C)(C)CCNC)cc1OCCC. The smallest absolute Gasteiger partial charge is 0.161 e. The lowest BCUT2D eigenvalue weighted by molar-refractivity contribution is 0.267. The lowest BCUT2D eigenvalue weighted by Gasteiger charge is -2.26. The lowest BCUT2D eigenvalue weighted by Crippen LogP contribution is -2.23. The molecular formula is C18H31NO2. The van der Waals surface area contributed by atoms with Gasteiger partial charge in [-0.3, -0.25) is 0 Å². The number of ether oxygens (including phenoxy) is 2. The van der Waals surface area contributed by atoms with E-state index in [2.05, 4.69) is 51.2 Å². The van der Waals surface area contributed by atoms with E-state index in [1.807, 2.05) is 7.05 Å². The second kappa shape index (κ2) is 8.93. The summed E-state index contributed by atoms with van der Waals surface area (Å²) >= 11 is 0. The molecule has 21 heavy (non-hydrogen) atoms. The number of nitrogens with one attached hydrogen (secondary N) is 1. The standard InChI is InChI=1S/C18H31NO2/c1-6-12-20-16-9-8-15(14-17(16)21-13-7-2)18(3,4)10-11-19-5/h8-9,14,19H,6-7,10-13H2,1-5H3. The topological polar surface area (TPSA) is 30.5 Å². The van der Waals surface area contributed by atoms with E-state index < -0.39 is 0 Å². The molecule has 0 unspecified atom stereocenters. The average molecular weight is 293 g/mol. The minimum absolute atomic E-state index is 0.122. The predicted octanol–water partition coefficient (Wildman–Crippen LogP) is 4.15. The predicted molar refractivity (Wildman–Crippen MR) is 89.6 cm³/mol. The van der Waals surface area contributed by atoms with E-state index in [1.165, 1.54) is 5.56 Å². The summed E-state index contributed by atoms with van der Waals surface area (Å²) in [7, 11) is 1.99. The lowest BCUT2D eigenvalue weighted by atomic mass is 9.81. The number of rotatable bonds is 10. The minimum Gasteiger partial charge on any atom is -0.490 e. The summed E-state index contributed by atoms with van der Waals surface area (Å²) in [5.41, 5.74) is 1.42. The zero-order chi connectivity index (χ0) is 15.7. The van der Waals surface area contributed by atoms with Crippen LogP contribution in [0.2, 0.25) is 0 Å². The highest BCUT2D eigenvalue weighted by Gasteiger charge is 2.21. The van der Waals surface area contributed by atoms with Gasteiger partial charge >= 0.3 is 0 Å². The molecule has 1 rings (SSSR count). The van der Waals surface area contributed by atoms with E-state index in [9.17, 15) is 0 Å². The number of hydrogen-bond donors (Lipinski definition) is 1. The fraction of sp³-hybridized carbons (Fsp3) is 0.667. The van der Waals surface area contributed by atoms with Crippen LogP contribution in [0.15, 0.2) is 18.2 Å². The first-order valence-corrected chi connectivity index (χ1v) is 8.09. The first-order valence-electron chi connectivity index (χ1n) is 8.09. The highest BCUT2D eigenvalue weighted by Crippen LogP contribution is 2.35. The van der Waals surface area contributed by atoms with Crippen molar-refractivity contribution in [1.29, 1.82) is 0 Å². The number of hydrogen-bond acceptors (Lipinski definition) is 3. The van der Waals surface area contributed by atoms with Crippen molar-refractivity contribution >= 4 is 0 Å². The van der Waals surface area contributed by atoms with Crippen LogP contribution in [-0.2, 0) is 5.41 Å². The van der Waals surface area contributed by atoms with Gasteiger partial charge in [0.25, 0.3) is 0 Å². The van der Waals surface area contributed by atoms with Crippen molar-refractivity contribution in [2.75, 3.05) is 26.8 Å². The van der Waals surface area contributed by atoms with Crippen LogP contribution in [0.1, 0.15) is 52.5 Å². The van der Waals surface area contributed by atoms with Crippen molar-refractivity contribution in [3.8, 4) is 11.5 Å². The Hall–Kier alpha value is -1.22. The largest absolute Gasteiger partial charge is 0.490 e. The summed E-state index contributed by atoms with van der Waals surface area (Å²) in [4.78, 5) is 0. The molecule has 0 fully saturated rings. The second-order valence-corrected chi connectivity index (χ2v) is 6.10. The van der Waals surface area contributed by atoms with Crippen molar-refractivity contribution in [1.82, 2.24) is 5.32 Å². The molecule has 0 aliphatic heterocycles. The summed E-state index contributed by atoms with van der Waals surface area (Å²) in [6.07, 6.45) is 3.09. The third-order valence-corrected chi connectivity index (χ3v) is 3.65.